The zero-order valence-corrected chi connectivity index (χ0v) is 23.5. The summed E-state index contributed by atoms with van der Waals surface area (Å²) in [4.78, 5) is 21.5. The van der Waals surface area contributed by atoms with Crippen molar-refractivity contribution in [3.63, 3.8) is 0 Å². The molecule has 0 atom stereocenters. The third-order valence-corrected chi connectivity index (χ3v) is 6.63. The molecule has 4 heterocycles. The molecule has 40 heavy (non-hydrogen) atoms. The number of hydrogen-bond donors (Lipinski definition) is 2. The summed E-state index contributed by atoms with van der Waals surface area (Å²) in [7, 11) is -4.21. The van der Waals surface area contributed by atoms with Gasteiger partial charge in [0.05, 0.1) is 16.3 Å². The van der Waals surface area contributed by atoms with E-state index in [1.807, 2.05) is 0 Å². The maximum Gasteiger partial charge on any atom is 0.325 e. The van der Waals surface area contributed by atoms with Crippen LogP contribution in [0.15, 0.2) is 88.3 Å². The summed E-state index contributed by atoms with van der Waals surface area (Å²) in [5, 5.41) is 0.488. The third kappa shape index (κ3) is 7.02. The molecule has 204 valence electrons. The molecule has 4 aromatic heterocycles. The summed E-state index contributed by atoms with van der Waals surface area (Å²) in [6.07, 6.45) is 6.02. The number of pyridine rings is 1. The highest BCUT2D eigenvalue weighted by Crippen LogP contribution is 2.37. The van der Waals surface area contributed by atoms with Crippen LogP contribution in [0.4, 0.5) is 11.7 Å². The van der Waals surface area contributed by atoms with Crippen LogP contribution < -0.4 is 18.9 Å². The molecule has 0 amide bonds. The van der Waals surface area contributed by atoms with Gasteiger partial charge in [-0.25, -0.2) is 24.4 Å². The Kier molecular flexibility index (Phi) is 8.38. The Morgan fingerprint density at radius 2 is 1.68 bits per heavy atom. The lowest BCUT2D eigenvalue weighted by Gasteiger charge is -2.17. The van der Waals surface area contributed by atoms with Gasteiger partial charge in [-0.3, -0.25) is 4.98 Å². The first-order valence-electron chi connectivity index (χ1n) is 11.5. The SMILES string of the molecule is O=S(=O)(Nc1ccco1)Nc1nc(-c2ccccn2)nc(OCCOc2ncc(Br)cn2)c1-c1ccc(Cl)cc1. The highest BCUT2D eigenvalue weighted by atomic mass is 79.9. The summed E-state index contributed by atoms with van der Waals surface area (Å²) >= 11 is 9.38. The van der Waals surface area contributed by atoms with Gasteiger partial charge in [0.15, 0.2) is 11.6 Å². The lowest BCUT2D eigenvalue weighted by molar-refractivity contribution is 0.202. The fourth-order valence-electron chi connectivity index (χ4n) is 3.37. The number of furan rings is 1. The number of anilines is 2. The van der Waals surface area contributed by atoms with Gasteiger partial charge < -0.3 is 13.9 Å². The Morgan fingerprint density at radius 3 is 2.38 bits per heavy atom. The minimum Gasteiger partial charge on any atom is -0.473 e. The second kappa shape index (κ2) is 12.3. The number of rotatable bonds is 11. The van der Waals surface area contributed by atoms with Gasteiger partial charge in [-0.05, 0) is 51.8 Å². The van der Waals surface area contributed by atoms with E-state index in [0.29, 0.717) is 20.8 Å². The smallest absolute Gasteiger partial charge is 0.325 e. The summed E-state index contributed by atoms with van der Waals surface area (Å²) in [6.45, 7) is 0.0985. The molecule has 0 saturated carbocycles. The van der Waals surface area contributed by atoms with Gasteiger partial charge in [-0.15, -0.1) is 0 Å². The molecule has 0 fully saturated rings. The van der Waals surface area contributed by atoms with E-state index in [1.165, 1.54) is 12.3 Å². The van der Waals surface area contributed by atoms with Crippen LogP contribution in [0.2, 0.25) is 5.02 Å². The van der Waals surface area contributed by atoms with Crippen molar-refractivity contribution in [1.82, 2.24) is 24.9 Å². The highest BCUT2D eigenvalue weighted by molar-refractivity contribution is 9.10. The second-order valence-electron chi connectivity index (χ2n) is 7.86. The summed E-state index contributed by atoms with van der Waals surface area (Å²) in [5.74, 6) is 0.155. The lowest BCUT2D eigenvalue weighted by Crippen LogP contribution is -2.23. The van der Waals surface area contributed by atoms with E-state index in [2.05, 4.69) is 50.3 Å². The van der Waals surface area contributed by atoms with Crippen molar-refractivity contribution in [2.75, 3.05) is 22.7 Å². The van der Waals surface area contributed by atoms with Gasteiger partial charge in [0.25, 0.3) is 0 Å². The Morgan fingerprint density at radius 1 is 0.900 bits per heavy atom. The fraction of sp³-hybridized carbons (Fsp3) is 0.0800. The van der Waals surface area contributed by atoms with Crippen LogP contribution in [-0.2, 0) is 10.2 Å². The van der Waals surface area contributed by atoms with E-state index in [-0.39, 0.29) is 48.2 Å². The monoisotopic (exact) mass is 643 g/mol. The van der Waals surface area contributed by atoms with E-state index in [4.69, 9.17) is 25.5 Å². The van der Waals surface area contributed by atoms with Crippen molar-refractivity contribution in [2.24, 2.45) is 0 Å². The van der Waals surface area contributed by atoms with Crippen LogP contribution in [0.3, 0.4) is 0 Å². The molecule has 0 unspecified atom stereocenters. The van der Waals surface area contributed by atoms with E-state index < -0.39 is 10.2 Å². The number of nitrogens with one attached hydrogen (secondary N) is 2. The zero-order chi connectivity index (χ0) is 28.0. The molecule has 0 aliphatic rings. The molecule has 0 spiro atoms. The second-order valence-corrected chi connectivity index (χ2v) is 10.6. The molecule has 5 aromatic rings. The molecular formula is C25H19BrClN7O5S. The van der Waals surface area contributed by atoms with E-state index in [0.717, 1.165) is 0 Å². The maximum atomic E-state index is 13.0. The molecule has 1 aromatic carbocycles. The van der Waals surface area contributed by atoms with Gasteiger partial charge in [0, 0.05) is 29.7 Å². The molecule has 0 bridgehead atoms. The Hall–Kier alpha value is -4.27. The quantitative estimate of drug-likeness (QED) is 0.183. The average Bonchev–Trinajstić information content (AvgIpc) is 3.45. The maximum absolute atomic E-state index is 13.0. The minimum absolute atomic E-state index is 0.0170. The standard InChI is InChI=1S/C25H19BrClN7O5S/c26-17-14-29-25(30-15-17)39-13-12-38-24-21(16-6-8-18(27)9-7-16)23(31-22(32-24)19-4-1-2-10-28-19)34-40(35,36)33-20-5-3-11-37-20/h1-11,14-15,33H,12-13H2,(H,31,32,34). The highest BCUT2D eigenvalue weighted by Gasteiger charge is 2.23. The van der Waals surface area contributed by atoms with Crippen molar-refractivity contribution >= 4 is 49.4 Å². The van der Waals surface area contributed by atoms with Crippen molar-refractivity contribution in [1.29, 1.82) is 0 Å². The summed E-state index contributed by atoms with van der Waals surface area (Å²) in [5.41, 5.74) is 1.20. The van der Waals surface area contributed by atoms with Crippen molar-refractivity contribution in [2.45, 2.75) is 0 Å². The van der Waals surface area contributed by atoms with Crippen LogP contribution in [-0.4, -0.2) is 46.6 Å². The van der Waals surface area contributed by atoms with Crippen LogP contribution in [0, 0.1) is 0 Å². The van der Waals surface area contributed by atoms with Gasteiger partial charge in [0.1, 0.15) is 18.9 Å². The topological polar surface area (TPSA) is 154 Å². The first-order valence-corrected chi connectivity index (χ1v) is 14.2. The Balaban J connectivity index is 1.53. The van der Waals surface area contributed by atoms with Crippen LogP contribution in [0.25, 0.3) is 22.6 Å². The Bertz CT molecular complexity index is 1680. The number of halogens is 2. The minimum atomic E-state index is -4.21. The van der Waals surface area contributed by atoms with Crippen molar-refractivity contribution < 1.29 is 22.3 Å². The van der Waals surface area contributed by atoms with Gasteiger partial charge >= 0.3 is 16.2 Å². The molecule has 5 rings (SSSR count). The van der Waals surface area contributed by atoms with Crippen LogP contribution >= 0.6 is 27.5 Å². The van der Waals surface area contributed by atoms with E-state index >= 15 is 0 Å². The third-order valence-electron chi connectivity index (χ3n) is 5.04. The predicted octanol–water partition coefficient (Wildman–Crippen LogP) is 5.23. The molecular weight excluding hydrogens is 626 g/mol. The number of benzene rings is 1. The summed E-state index contributed by atoms with van der Waals surface area (Å²) in [6, 6.07) is 15.1. The predicted molar refractivity (Wildman–Crippen MR) is 151 cm³/mol. The number of ether oxygens (including phenoxy) is 2. The molecule has 0 saturated heterocycles. The van der Waals surface area contributed by atoms with E-state index in [9.17, 15) is 8.42 Å². The largest absolute Gasteiger partial charge is 0.473 e. The molecule has 15 heteroatoms. The van der Waals surface area contributed by atoms with Crippen LogP contribution in [0.1, 0.15) is 0 Å². The van der Waals surface area contributed by atoms with Gasteiger partial charge in [-0.2, -0.15) is 13.4 Å². The summed E-state index contributed by atoms with van der Waals surface area (Å²) < 4.78 is 48.3. The molecule has 2 N–H and O–H groups in total. The normalized spacial score (nSPS) is 11.2. The molecule has 0 aliphatic carbocycles. The lowest BCUT2D eigenvalue weighted by atomic mass is 10.1. The zero-order valence-electron chi connectivity index (χ0n) is 20.4. The Labute approximate surface area is 242 Å². The van der Waals surface area contributed by atoms with E-state index in [1.54, 1.807) is 67.1 Å². The molecule has 0 aliphatic heterocycles. The fourth-order valence-corrected chi connectivity index (χ4v) is 4.54. The molecule has 0 radical (unpaired) electrons. The number of hydrogen-bond acceptors (Lipinski definition) is 10. The first-order chi connectivity index (χ1) is 19.4. The van der Waals surface area contributed by atoms with Crippen molar-refractivity contribution in [3.05, 3.63) is 88.9 Å². The number of aromatic nitrogens is 5. The first kappa shape index (κ1) is 27.3. The van der Waals surface area contributed by atoms with Crippen molar-refractivity contribution in [3.8, 4) is 34.5 Å². The van der Waals surface area contributed by atoms with Gasteiger partial charge in [-0.1, -0.05) is 29.8 Å². The average molecular weight is 645 g/mol. The van der Waals surface area contributed by atoms with Gasteiger partial charge in [0.2, 0.25) is 11.8 Å². The number of nitrogens with zero attached hydrogens (tertiary/aromatic N) is 5. The molecule has 12 nitrogen and oxygen atoms in total. The van der Waals surface area contributed by atoms with Crippen LogP contribution in [0.5, 0.6) is 11.9 Å².